The number of sulfone groups is 1. The van der Waals surface area contributed by atoms with Crippen LogP contribution in [-0.2, 0) is 20.8 Å². The molecule has 1 aliphatic heterocycles. The number of benzene rings is 1. The summed E-state index contributed by atoms with van der Waals surface area (Å²) in [5.41, 5.74) is -0.979. The second kappa shape index (κ2) is 7.91. The number of nitrogens with one attached hydrogen (secondary N) is 2. The number of alkyl halides is 3. The van der Waals surface area contributed by atoms with Crippen molar-refractivity contribution in [2.45, 2.75) is 73.9 Å². The van der Waals surface area contributed by atoms with E-state index in [0.29, 0.717) is 18.9 Å². The number of piperidine rings is 1. The summed E-state index contributed by atoms with van der Waals surface area (Å²) in [4.78, 5) is 12.0. The largest absolute Gasteiger partial charge is 0.416 e. The molecule has 1 saturated carbocycles. The molecular weight excluding hydrogens is 405 g/mol. The molecule has 162 valence electrons. The second-order valence-corrected chi connectivity index (χ2v) is 11.0. The molecule has 29 heavy (non-hydrogen) atoms. The molecule has 1 heterocycles. The summed E-state index contributed by atoms with van der Waals surface area (Å²) >= 11 is 0. The maximum absolute atomic E-state index is 13.1. The smallest absolute Gasteiger partial charge is 0.352 e. The fourth-order valence-electron chi connectivity index (χ4n) is 4.04. The van der Waals surface area contributed by atoms with E-state index < -0.39 is 26.3 Å². The fraction of sp³-hybridized carbons (Fsp3) is 0.650. The quantitative estimate of drug-likeness (QED) is 0.749. The van der Waals surface area contributed by atoms with Crippen LogP contribution in [0, 0.1) is 5.92 Å². The number of hydrogen-bond donors (Lipinski definition) is 2. The lowest BCUT2D eigenvalue weighted by Gasteiger charge is -2.45. The Balaban J connectivity index is 1.66. The third-order valence-electron chi connectivity index (χ3n) is 6.26. The molecule has 1 amide bonds. The minimum absolute atomic E-state index is 0.0632. The van der Waals surface area contributed by atoms with E-state index in [2.05, 4.69) is 10.6 Å². The predicted octanol–water partition coefficient (Wildman–Crippen LogP) is 3.29. The van der Waals surface area contributed by atoms with Crippen LogP contribution in [0.25, 0.3) is 0 Å². The summed E-state index contributed by atoms with van der Waals surface area (Å²) in [7, 11) is -3.98. The minimum atomic E-state index is -4.60. The number of carbonyl (C=O) groups excluding carboxylic acids is 1. The Morgan fingerprint density at radius 1 is 1.17 bits per heavy atom. The Hall–Kier alpha value is -1.61. The van der Waals surface area contributed by atoms with Crippen LogP contribution in [0.3, 0.4) is 0 Å². The number of hydrogen-bond acceptors (Lipinski definition) is 4. The van der Waals surface area contributed by atoms with Crippen LogP contribution in [0.15, 0.2) is 29.2 Å². The highest BCUT2D eigenvalue weighted by Gasteiger charge is 2.49. The normalized spacial score (nSPS) is 25.9. The standard InChI is InChI=1S/C20H27F3N2O3S/c1-19(2,29(27,28)16-7-5-6-13(12-16)20(21,22)23)14-10-15(11-14)25-18(26)17-8-3-4-9-24-17/h5-7,12,14-15,17,24H,3-4,8-11H2,1-2H3,(H,25,26)/t14?,15?,17-/m0/s1. The zero-order chi connectivity index (χ0) is 21.4. The average molecular weight is 433 g/mol. The first-order valence-electron chi connectivity index (χ1n) is 9.88. The molecule has 0 radical (unpaired) electrons. The van der Waals surface area contributed by atoms with Gasteiger partial charge in [-0.25, -0.2) is 8.42 Å². The maximum atomic E-state index is 13.1. The van der Waals surface area contributed by atoms with E-state index in [4.69, 9.17) is 0 Å². The van der Waals surface area contributed by atoms with E-state index in [1.54, 1.807) is 13.8 Å². The first-order valence-corrected chi connectivity index (χ1v) is 11.4. The molecule has 2 fully saturated rings. The number of rotatable bonds is 5. The fourth-order valence-corrected chi connectivity index (χ4v) is 5.82. The van der Waals surface area contributed by atoms with Crippen LogP contribution in [0.4, 0.5) is 13.2 Å². The summed E-state index contributed by atoms with van der Waals surface area (Å²) in [6.07, 6.45) is -0.781. The number of halogens is 3. The van der Waals surface area contributed by atoms with Gasteiger partial charge in [-0.1, -0.05) is 12.5 Å². The van der Waals surface area contributed by atoms with Crippen LogP contribution in [0.2, 0.25) is 0 Å². The molecule has 1 atom stereocenters. The molecule has 3 rings (SSSR count). The number of carbonyl (C=O) groups is 1. The Labute approximate surface area is 169 Å². The lowest BCUT2D eigenvalue weighted by atomic mass is 9.73. The molecule has 0 spiro atoms. The van der Waals surface area contributed by atoms with Gasteiger partial charge in [-0.05, 0) is 70.2 Å². The highest BCUT2D eigenvalue weighted by atomic mass is 32.2. The van der Waals surface area contributed by atoms with Crippen molar-refractivity contribution < 1.29 is 26.4 Å². The van der Waals surface area contributed by atoms with E-state index in [-0.39, 0.29) is 28.8 Å². The highest BCUT2D eigenvalue weighted by molar-refractivity contribution is 7.92. The summed E-state index contributed by atoms with van der Waals surface area (Å²) in [6, 6.07) is 3.58. The summed E-state index contributed by atoms with van der Waals surface area (Å²) in [5.74, 6) is -0.307. The molecule has 2 N–H and O–H groups in total. The van der Waals surface area contributed by atoms with Gasteiger partial charge in [0.25, 0.3) is 0 Å². The van der Waals surface area contributed by atoms with Gasteiger partial charge < -0.3 is 10.6 Å². The average Bonchev–Trinajstić information content (AvgIpc) is 2.64. The lowest BCUT2D eigenvalue weighted by Crippen LogP contribution is -2.57. The molecule has 2 aliphatic rings. The van der Waals surface area contributed by atoms with E-state index >= 15 is 0 Å². The second-order valence-electron chi connectivity index (χ2n) is 8.51. The van der Waals surface area contributed by atoms with E-state index in [0.717, 1.165) is 37.9 Å². The van der Waals surface area contributed by atoms with Gasteiger partial charge in [0.05, 0.1) is 21.2 Å². The lowest BCUT2D eigenvalue weighted by molar-refractivity contribution is -0.137. The monoisotopic (exact) mass is 432 g/mol. The van der Waals surface area contributed by atoms with Crippen molar-refractivity contribution in [3.05, 3.63) is 29.8 Å². The van der Waals surface area contributed by atoms with Crippen LogP contribution in [0.1, 0.15) is 51.5 Å². The van der Waals surface area contributed by atoms with Crippen molar-refractivity contribution in [1.82, 2.24) is 10.6 Å². The molecule has 0 bridgehead atoms. The minimum Gasteiger partial charge on any atom is -0.352 e. The topological polar surface area (TPSA) is 75.3 Å². The van der Waals surface area contributed by atoms with Crippen molar-refractivity contribution in [1.29, 1.82) is 0 Å². The van der Waals surface area contributed by atoms with Gasteiger partial charge in [0.15, 0.2) is 9.84 Å². The van der Waals surface area contributed by atoms with Crippen molar-refractivity contribution in [2.24, 2.45) is 5.92 Å². The van der Waals surface area contributed by atoms with Crippen molar-refractivity contribution >= 4 is 15.7 Å². The maximum Gasteiger partial charge on any atom is 0.416 e. The molecule has 1 aromatic carbocycles. The van der Waals surface area contributed by atoms with Crippen molar-refractivity contribution in [3.8, 4) is 0 Å². The highest BCUT2D eigenvalue weighted by Crippen LogP contribution is 2.44. The van der Waals surface area contributed by atoms with Gasteiger partial charge in [0.1, 0.15) is 0 Å². The molecule has 1 aliphatic carbocycles. The third-order valence-corrected chi connectivity index (χ3v) is 8.85. The Morgan fingerprint density at radius 3 is 2.45 bits per heavy atom. The van der Waals surface area contributed by atoms with Crippen LogP contribution in [-0.4, -0.2) is 37.7 Å². The van der Waals surface area contributed by atoms with Gasteiger partial charge in [0, 0.05) is 6.04 Å². The van der Waals surface area contributed by atoms with Gasteiger partial charge in [0.2, 0.25) is 5.91 Å². The van der Waals surface area contributed by atoms with Gasteiger partial charge >= 0.3 is 6.18 Å². The van der Waals surface area contributed by atoms with E-state index in [1.807, 2.05) is 0 Å². The Morgan fingerprint density at radius 2 is 1.86 bits per heavy atom. The zero-order valence-corrected chi connectivity index (χ0v) is 17.4. The molecule has 1 aromatic rings. The Bertz CT molecular complexity index is 856. The third kappa shape index (κ3) is 4.45. The summed E-state index contributed by atoms with van der Waals surface area (Å²) in [5, 5.41) is 6.14. The SMILES string of the molecule is CC(C)(C1CC(NC(=O)[C@@H]2CCCCN2)C1)S(=O)(=O)c1cccc(C(F)(F)F)c1. The summed E-state index contributed by atoms with van der Waals surface area (Å²) < 4.78 is 63.8. The molecule has 0 aromatic heterocycles. The molecule has 5 nitrogen and oxygen atoms in total. The molecule has 9 heteroatoms. The zero-order valence-electron chi connectivity index (χ0n) is 16.6. The predicted molar refractivity (Wildman–Crippen MR) is 103 cm³/mol. The van der Waals surface area contributed by atoms with Gasteiger partial charge in [-0.15, -0.1) is 0 Å². The van der Waals surface area contributed by atoms with Crippen LogP contribution >= 0.6 is 0 Å². The molecule has 1 saturated heterocycles. The first kappa shape index (κ1) is 22.1. The van der Waals surface area contributed by atoms with Crippen molar-refractivity contribution in [2.75, 3.05) is 6.54 Å². The molecular formula is C20H27F3N2O3S. The van der Waals surface area contributed by atoms with Crippen LogP contribution in [0.5, 0.6) is 0 Å². The van der Waals surface area contributed by atoms with Crippen molar-refractivity contribution in [3.63, 3.8) is 0 Å². The van der Waals surface area contributed by atoms with E-state index in [9.17, 15) is 26.4 Å². The van der Waals surface area contributed by atoms with Gasteiger partial charge in [-0.3, -0.25) is 4.79 Å². The summed E-state index contributed by atoms with van der Waals surface area (Å²) in [6.45, 7) is 3.91. The molecule has 0 unspecified atom stereocenters. The number of amides is 1. The Kier molecular flexibility index (Phi) is 6.02. The van der Waals surface area contributed by atoms with E-state index in [1.165, 1.54) is 6.07 Å². The van der Waals surface area contributed by atoms with Gasteiger partial charge in [-0.2, -0.15) is 13.2 Å². The van der Waals surface area contributed by atoms with Crippen LogP contribution < -0.4 is 10.6 Å². The first-order chi connectivity index (χ1) is 13.4.